The maximum Gasteiger partial charge on any atom is 0.123 e. The molecule has 2 aliphatic rings. The Hall–Kier alpha value is -0.270. The van der Waals surface area contributed by atoms with Crippen LogP contribution < -0.4 is 0 Å². The molecule has 0 aromatic heterocycles. The summed E-state index contributed by atoms with van der Waals surface area (Å²) < 4.78 is 13.5. The van der Waals surface area contributed by atoms with Crippen LogP contribution in [0.25, 0.3) is 0 Å². The maximum atomic E-state index is 13.5. The molecule has 2 aliphatic carbocycles. The molecule has 0 heterocycles. The van der Waals surface area contributed by atoms with E-state index in [9.17, 15) is 4.39 Å². The standard InChI is InChI=1S/C17H21Cl2F/c18-10-17(11-19,15-2-1-3-16(20)8-15)9-14-7-12-4-5-13(14)6-12/h1-3,8,12-14H,4-7,9-11H2. The molecule has 2 fully saturated rings. The molecule has 3 atom stereocenters. The van der Waals surface area contributed by atoms with Crippen LogP contribution in [0.3, 0.4) is 0 Å². The van der Waals surface area contributed by atoms with E-state index in [4.69, 9.17) is 23.2 Å². The van der Waals surface area contributed by atoms with Crippen LogP contribution in [0, 0.1) is 23.6 Å². The number of hydrogen-bond acceptors (Lipinski definition) is 0. The minimum atomic E-state index is -0.277. The molecule has 0 amide bonds. The molecule has 1 aromatic rings. The van der Waals surface area contributed by atoms with Gasteiger partial charge in [-0.15, -0.1) is 23.2 Å². The molecule has 3 rings (SSSR count). The number of alkyl halides is 2. The van der Waals surface area contributed by atoms with Crippen molar-refractivity contribution in [2.75, 3.05) is 11.8 Å². The zero-order valence-electron chi connectivity index (χ0n) is 11.6. The first-order valence-electron chi connectivity index (χ1n) is 7.55. The summed E-state index contributed by atoms with van der Waals surface area (Å²) in [4.78, 5) is 0. The van der Waals surface area contributed by atoms with Gasteiger partial charge in [-0.3, -0.25) is 0 Å². The average Bonchev–Trinajstić information content (AvgIpc) is 3.07. The van der Waals surface area contributed by atoms with E-state index in [1.807, 2.05) is 6.07 Å². The van der Waals surface area contributed by atoms with Crippen molar-refractivity contribution >= 4 is 23.2 Å². The van der Waals surface area contributed by atoms with Crippen LogP contribution in [0.4, 0.5) is 4.39 Å². The van der Waals surface area contributed by atoms with Gasteiger partial charge in [-0.05, 0) is 61.1 Å². The second-order valence-corrected chi connectivity index (χ2v) is 7.23. The minimum absolute atomic E-state index is 0.199. The lowest BCUT2D eigenvalue weighted by Crippen LogP contribution is -2.34. The smallest absolute Gasteiger partial charge is 0.123 e. The van der Waals surface area contributed by atoms with Gasteiger partial charge in [-0.1, -0.05) is 18.6 Å². The Labute approximate surface area is 130 Å². The molecular weight excluding hydrogens is 294 g/mol. The average molecular weight is 315 g/mol. The first-order valence-corrected chi connectivity index (χ1v) is 8.62. The fraction of sp³-hybridized carbons (Fsp3) is 0.647. The van der Waals surface area contributed by atoms with Crippen LogP contribution in [-0.4, -0.2) is 11.8 Å². The van der Waals surface area contributed by atoms with Crippen LogP contribution >= 0.6 is 23.2 Å². The van der Waals surface area contributed by atoms with Crippen molar-refractivity contribution < 1.29 is 4.39 Å². The second-order valence-electron chi connectivity index (χ2n) is 6.70. The highest BCUT2D eigenvalue weighted by atomic mass is 35.5. The van der Waals surface area contributed by atoms with Crippen LogP contribution in [0.15, 0.2) is 24.3 Å². The number of rotatable bonds is 5. The fourth-order valence-electron chi connectivity index (χ4n) is 4.36. The predicted molar refractivity (Wildman–Crippen MR) is 83.1 cm³/mol. The van der Waals surface area contributed by atoms with Crippen molar-refractivity contribution in [2.24, 2.45) is 17.8 Å². The van der Waals surface area contributed by atoms with E-state index >= 15 is 0 Å². The first-order chi connectivity index (χ1) is 9.66. The Morgan fingerprint density at radius 2 is 1.95 bits per heavy atom. The van der Waals surface area contributed by atoms with E-state index in [0.29, 0.717) is 11.8 Å². The number of hydrogen-bond donors (Lipinski definition) is 0. The van der Waals surface area contributed by atoms with Crippen LogP contribution in [0.5, 0.6) is 0 Å². The van der Waals surface area contributed by atoms with Crippen molar-refractivity contribution in [3.63, 3.8) is 0 Å². The molecule has 0 N–H and O–H groups in total. The van der Waals surface area contributed by atoms with Gasteiger partial charge in [0.15, 0.2) is 0 Å². The van der Waals surface area contributed by atoms with E-state index in [1.54, 1.807) is 12.1 Å². The maximum absolute atomic E-state index is 13.5. The van der Waals surface area contributed by atoms with Gasteiger partial charge >= 0.3 is 0 Å². The number of fused-ring (bicyclic) bond motifs is 2. The van der Waals surface area contributed by atoms with E-state index in [-0.39, 0.29) is 11.2 Å². The van der Waals surface area contributed by atoms with Crippen molar-refractivity contribution in [2.45, 2.75) is 37.5 Å². The Kier molecular flexibility index (Phi) is 4.29. The summed E-state index contributed by atoms with van der Waals surface area (Å²) in [6.07, 6.45) is 6.46. The quantitative estimate of drug-likeness (QED) is 0.641. The van der Waals surface area contributed by atoms with Gasteiger partial charge in [-0.25, -0.2) is 4.39 Å². The van der Waals surface area contributed by atoms with Gasteiger partial charge in [0.05, 0.1) is 0 Å². The summed E-state index contributed by atoms with van der Waals surface area (Å²) in [5, 5.41) is 0. The second kappa shape index (κ2) is 5.85. The normalized spacial score (nSPS) is 29.1. The molecule has 0 nitrogen and oxygen atoms in total. The van der Waals surface area contributed by atoms with Crippen molar-refractivity contribution in [1.29, 1.82) is 0 Å². The molecule has 110 valence electrons. The lowest BCUT2D eigenvalue weighted by Gasteiger charge is -2.35. The molecule has 2 saturated carbocycles. The highest BCUT2D eigenvalue weighted by Gasteiger charge is 2.44. The van der Waals surface area contributed by atoms with Gasteiger partial charge in [0.25, 0.3) is 0 Å². The van der Waals surface area contributed by atoms with Crippen LogP contribution in [0.2, 0.25) is 0 Å². The third kappa shape index (κ3) is 2.60. The molecular formula is C17H21Cl2F. The molecule has 0 aliphatic heterocycles. The van der Waals surface area contributed by atoms with Gasteiger partial charge < -0.3 is 0 Å². The summed E-state index contributed by atoms with van der Waals surface area (Å²) in [7, 11) is 0. The lowest BCUT2D eigenvalue weighted by atomic mass is 9.72. The van der Waals surface area contributed by atoms with E-state index in [1.165, 1.54) is 31.7 Å². The highest BCUT2D eigenvalue weighted by molar-refractivity contribution is 6.22. The first kappa shape index (κ1) is 14.7. The van der Waals surface area contributed by atoms with E-state index in [2.05, 4.69) is 0 Å². The third-order valence-electron chi connectivity index (χ3n) is 5.49. The molecule has 0 spiro atoms. The largest absolute Gasteiger partial charge is 0.207 e. The fourth-order valence-corrected chi connectivity index (χ4v) is 5.18. The Morgan fingerprint density at radius 3 is 2.50 bits per heavy atom. The molecule has 3 heteroatoms. The number of halogens is 3. The lowest BCUT2D eigenvalue weighted by molar-refractivity contribution is 0.263. The molecule has 0 radical (unpaired) electrons. The van der Waals surface area contributed by atoms with Crippen molar-refractivity contribution in [3.8, 4) is 0 Å². The predicted octanol–water partition coefficient (Wildman–Crippen LogP) is 5.37. The Morgan fingerprint density at radius 1 is 1.15 bits per heavy atom. The SMILES string of the molecule is Fc1cccc(C(CCl)(CCl)CC2CC3CCC2C3)c1. The highest BCUT2D eigenvalue weighted by Crippen LogP contribution is 2.52. The summed E-state index contributed by atoms with van der Waals surface area (Å²) in [6.45, 7) is 0. The molecule has 2 bridgehead atoms. The molecule has 20 heavy (non-hydrogen) atoms. The molecule has 3 unspecified atom stereocenters. The van der Waals surface area contributed by atoms with Crippen LogP contribution in [0.1, 0.15) is 37.7 Å². The molecule has 0 saturated heterocycles. The van der Waals surface area contributed by atoms with E-state index < -0.39 is 0 Å². The zero-order chi connectivity index (χ0) is 14.2. The molecule has 1 aromatic carbocycles. The van der Waals surface area contributed by atoms with Crippen molar-refractivity contribution in [1.82, 2.24) is 0 Å². The Balaban J connectivity index is 1.84. The number of benzene rings is 1. The minimum Gasteiger partial charge on any atom is -0.207 e. The zero-order valence-corrected chi connectivity index (χ0v) is 13.1. The summed E-state index contributed by atoms with van der Waals surface area (Å²) in [5.41, 5.74) is 0.686. The van der Waals surface area contributed by atoms with Gasteiger partial charge in [0, 0.05) is 17.2 Å². The van der Waals surface area contributed by atoms with Gasteiger partial charge in [-0.2, -0.15) is 0 Å². The van der Waals surface area contributed by atoms with Crippen molar-refractivity contribution in [3.05, 3.63) is 35.6 Å². The Bertz CT molecular complexity index is 470. The summed E-state index contributed by atoms with van der Waals surface area (Å²) in [6, 6.07) is 6.83. The monoisotopic (exact) mass is 314 g/mol. The third-order valence-corrected chi connectivity index (χ3v) is 6.51. The summed E-state index contributed by atoms with van der Waals surface area (Å²) >= 11 is 12.6. The topological polar surface area (TPSA) is 0 Å². The van der Waals surface area contributed by atoms with Gasteiger partial charge in [0.2, 0.25) is 0 Å². The van der Waals surface area contributed by atoms with Gasteiger partial charge in [0.1, 0.15) is 5.82 Å². The summed E-state index contributed by atoms with van der Waals surface area (Å²) in [5.74, 6) is 3.21. The van der Waals surface area contributed by atoms with Crippen LogP contribution in [-0.2, 0) is 5.41 Å². The van der Waals surface area contributed by atoms with E-state index in [0.717, 1.165) is 29.7 Å².